The van der Waals surface area contributed by atoms with Crippen LogP contribution in [0.25, 0.3) is 0 Å². The summed E-state index contributed by atoms with van der Waals surface area (Å²) in [6.45, 7) is 4.03. The zero-order valence-electron chi connectivity index (χ0n) is 11.0. The number of hydrogen-bond acceptors (Lipinski definition) is 5. The van der Waals surface area contributed by atoms with Crippen molar-refractivity contribution in [3.05, 3.63) is 33.9 Å². The molecule has 0 saturated carbocycles. The molecule has 1 heterocycles. The maximum Gasteiger partial charge on any atom is 0.269 e. The molecule has 1 aromatic rings. The molecule has 2 rings (SSSR count). The summed E-state index contributed by atoms with van der Waals surface area (Å²) in [5.41, 5.74) is 7.21. The Morgan fingerprint density at radius 3 is 2.95 bits per heavy atom. The van der Waals surface area contributed by atoms with E-state index in [4.69, 9.17) is 5.73 Å². The number of aliphatic hydroxyl groups is 1. The number of benzene rings is 1. The van der Waals surface area contributed by atoms with Crippen LogP contribution >= 0.6 is 0 Å². The molecule has 104 valence electrons. The molecule has 1 saturated heterocycles. The minimum absolute atomic E-state index is 0.0510. The zero-order chi connectivity index (χ0) is 14.0. The number of likely N-dealkylation sites (tertiary alicyclic amines) is 1. The SMILES string of the molecule is CC1CCN(Cc2cc([N+](=O)[O-])ccc2N)CC1O. The van der Waals surface area contributed by atoms with E-state index >= 15 is 0 Å². The van der Waals surface area contributed by atoms with E-state index in [1.165, 1.54) is 12.1 Å². The van der Waals surface area contributed by atoms with Gasteiger partial charge >= 0.3 is 0 Å². The summed E-state index contributed by atoms with van der Waals surface area (Å²) >= 11 is 0. The Hall–Kier alpha value is -1.66. The number of nitrogens with zero attached hydrogens (tertiary/aromatic N) is 2. The summed E-state index contributed by atoms with van der Waals surface area (Å²) in [5.74, 6) is 0.304. The molecular weight excluding hydrogens is 246 g/mol. The Morgan fingerprint density at radius 2 is 2.32 bits per heavy atom. The van der Waals surface area contributed by atoms with Gasteiger partial charge < -0.3 is 10.8 Å². The van der Waals surface area contributed by atoms with Crippen LogP contribution in [0.4, 0.5) is 11.4 Å². The van der Waals surface area contributed by atoms with Gasteiger partial charge in [-0.1, -0.05) is 6.92 Å². The van der Waals surface area contributed by atoms with Gasteiger partial charge in [0.15, 0.2) is 0 Å². The number of anilines is 1. The fourth-order valence-corrected chi connectivity index (χ4v) is 2.34. The van der Waals surface area contributed by atoms with E-state index in [1.807, 2.05) is 6.92 Å². The molecule has 6 heteroatoms. The third-order valence-corrected chi connectivity index (χ3v) is 3.73. The zero-order valence-corrected chi connectivity index (χ0v) is 11.0. The van der Waals surface area contributed by atoms with Crippen molar-refractivity contribution in [1.82, 2.24) is 4.90 Å². The molecular formula is C13H19N3O3. The summed E-state index contributed by atoms with van der Waals surface area (Å²) in [7, 11) is 0. The molecule has 1 fully saturated rings. The molecule has 1 aliphatic heterocycles. The van der Waals surface area contributed by atoms with Crippen LogP contribution in [-0.4, -0.2) is 34.1 Å². The van der Waals surface area contributed by atoms with Crippen LogP contribution in [0.3, 0.4) is 0 Å². The van der Waals surface area contributed by atoms with Gasteiger partial charge in [0, 0.05) is 30.9 Å². The van der Waals surface area contributed by atoms with E-state index in [0.717, 1.165) is 18.5 Å². The standard InChI is InChI=1S/C13H19N3O3/c1-9-4-5-15(8-13(9)17)7-10-6-11(16(18)19)2-3-12(10)14/h2-3,6,9,13,17H,4-5,7-8,14H2,1H3. The minimum atomic E-state index is -0.421. The second-order valence-corrected chi connectivity index (χ2v) is 5.21. The summed E-state index contributed by atoms with van der Waals surface area (Å²) < 4.78 is 0. The maximum absolute atomic E-state index is 10.8. The van der Waals surface area contributed by atoms with Crippen LogP contribution < -0.4 is 5.73 Å². The lowest BCUT2D eigenvalue weighted by atomic mass is 9.95. The number of piperidine rings is 1. The van der Waals surface area contributed by atoms with Gasteiger partial charge in [-0.05, 0) is 30.5 Å². The fourth-order valence-electron chi connectivity index (χ4n) is 2.34. The Bertz CT molecular complexity index is 478. The highest BCUT2D eigenvalue weighted by atomic mass is 16.6. The van der Waals surface area contributed by atoms with Crippen molar-refractivity contribution in [3.63, 3.8) is 0 Å². The molecule has 0 aliphatic carbocycles. The lowest BCUT2D eigenvalue weighted by Crippen LogP contribution is -2.42. The molecule has 6 nitrogen and oxygen atoms in total. The van der Waals surface area contributed by atoms with Crippen LogP contribution in [0.15, 0.2) is 18.2 Å². The molecule has 1 aromatic carbocycles. The number of aliphatic hydroxyl groups excluding tert-OH is 1. The van der Waals surface area contributed by atoms with Gasteiger partial charge in [-0.3, -0.25) is 15.0 Å². The van der Waals surface area contributed by atoms with Crippen molar-refractivity contribution < 1.29 is 10.0 Å². The lowest BCUT2D eigenvalue weighted by molar-refractivity contribution is -0.384. The van der Waals surface area contributed by atoms with Gasteiger partial charge in [0.2, 0.25) is 0 Å². The van der Waals surface area contributed by atoms with Crippen LogP contribution in [-0.2, 0) is 6.54 Å². The molecule has 0 aromatic heterocycles. The van der Waals surface area contributed by atoms with Gasteiger partial charge in [0.25, 0.3) is 5.69 Å². The average molecular weight is 265 g/mol. The van der Waals surface area contributed by atoms with E-state index in [-0.39, 0.29) is 11.8 Å². The third kappa shape index (κ3) is 3.21. The Balaban J connectivity index is 2.10. The number of β-amino-alcohol motifs (C(OH)–C–C–N with tert-alkyl or cyclic N) is 1. The predicted molar refractivity (Wildman–Crippen MR) is 72.6 cm³/mol. The number of nitrogen functional groups attached to an aromatic ring is 1. The van der Waals surface area contributed by atoms with E-state index in [2.05, 4.69) is 4.90 Å². The van der Waals surface area contributed by atoms with Gasteiger partial charge in [0.05, 0.1) is 11.0 Å². The van der Waals surface area contributed by atoms with Gasteiger partial charge in [-0.15, -0.1) is 0 Å². The van der Waals surface area contributed by atoms with Crippen LogP contribution in [0.2, 0.25) is 0 Å². The largest absolute Gasteiger partial charge is 0.398 e. The number of nitrogens with two attached hydrogens (primary N) is 1. The van der Waals surface area contributed by atoms with E-state index < -0.39 is 4.92 Å². The molecule has 0 spiro atoms. The molecule has 3 N–H and O–H groups in total. The van der Waals surface area contributed by atoms with E-state index in [1.54, 1.807) is 6.07 Å². The minimum Gasteiger partial charge on any atom is -0.398 e. The van der Waals surface area contributed by atoms with Gasteiger partial charge in [0.1, 0.15) is 0 Å². The van der Waals surface area contributed by atoms with Crippen molar-refractivity contribution >= 4 is 11.4 Å². The highest BCUT2D eigenvalue weighted by molar-refractivity contribution is 5.52. The predicted octanol–water partition coefficient (Wildman–Crippen LogP) is 1.38. The average Bonchev–Trinajstić information content (AvgIpc) is 2.36. The molecule has 2 atom stereocenters. The summed E-state index contributed by atoms with van der Waals surface area (Å²) in [4.78, 5) is 12.4. The van der Waals surface area contributed by atoms with Gasteiger partial charge in [-0.25, -0.2) is 0 Å². The van der Waals surface area contributed by atoms with Crippen molar-refractivity contribution in [2.24, 2.45) is 5.92 Å². The Morgan fingerprint density at radius 1 is 1.58 bits per heavy atom. The van der Waals surface area contributed by atoms with Crippen LogP contribution in [0.1, 0.15) is 18.9 Å². The Labute approximate surface area is 112 Å². The topological polar surface area (TPSA) is 92.6 Å². The van der Waals surface area contributed by atoms with Crippen LogP contribution in [0.5, 0.6) is 0 Å². The highest BCUT2D eigenvalue weighted by Gasteiger charge is 2.24. The van der Waals surface area contributed by atoms with Gasteiger partial charge in [-0.2, -0.15) is 0 Å². The number of hydrogen-bond donors (Lipinski definition) is 2. The second kappa shape index (κ2) is 5.54. The Kier molecular flexibility index (Phi) is 4.01. The molecule has 2 unspecified atom stereocenters. The lowest BCUT2D eigenvalue weighted by Gasteiger charge is -2.34. The van der Waals surface area contributed by atoms with Crippen molar-refractivity contribution in [2.75, 3.05) is 18.8 Å². The first-order chi connectivity index (χ1) is 8.97. The third-order valence-electron chi connectivity index (χ3n) is 3.73. The summed E-state index contributed by atoms with van der Waals surface area (Å²) in [6, 6.07) is 4.49. The van der Waals surface area contributed by atoms with E-state index in [9.17, 15) is 15.2 Å². The van der Waals surface area contributed by atoms with Crippen molar-refractivity contribution in [1.29, 1.82) is 0 Å². The first-order valence-corrected chi connectivity index (χ1v) is 6.40. The maximum atomic E-state index is 10.8. The molecule has 0 radical (unpaired) electrons. The quantitative estimate of drug-likeness (QED) is 0.489. The van der Waals surface area contributed by atoms with Crippen molar-refractivity contribution in [3.8, 4) is 0 Å². The molecule has 0 amide bonds. The first kappa shape index (κ1) is 13.8. The number of non-ortho nitro benzene ring substituents is 1. The molecule has 0 bridgehead atoms. The second-order valence-electron chi connectivity index (χ2n) is 5.21. The number of rotatable bonds is 3. The molecule has 19 heavy (non-hydrogen) atoms. The first-order valence-electron chi connectivity index (χ1n) is 6.40. The van der Waals surface area contributed by atoms with Crippen LogP contribution in [0, 0.1) is 16.0 Å². The number of nitro groups is 1. The highest BCUT2D eigenvalue weighted by Crippen LogP contribution is 2.24. The normalized spacial score (nSPS) is 24.3. The summed E-state index contributed by atoms with van der Waals surface area (Å²) in [5, 5.41) is 20.6. The fraction of sp³-hybridized carbons (Fsp3) is 0.538. The van der Waals surface area contributed by atoms with E-state index in [0.29, 0.717) is 24.7 Å². The summed E-state index contributed by atoms with van der Waals surface area (Å²) in [6.07, 6.45) is 0.587. The molecule has 1 aliphatic rings. The number of nitro benzene ring substituents is 1. The monoisotopic (exact) mass is 265 g/mol. The smallest absolute Gasteiger partial charge is 0.269 e. The van der Waals surface area contributed by atoms with Crippen molar-refractivity contribution in [2.45, 2.75) is 26.0 Å².